The quantitative estimate of drug-likeness (QED) is 0.763. The van der Waals surface area contributed by atoms with Crippen molar-refractivity contribution in [3.8, 4) is 11.4 Å². The van der Waals surface area contributed by atoms with Crippen LogP contribution in [-0.4, -0.2) is 25.0 Å². The molecule has 0 unspecified atom stereocenters. The van der Waals surface area contributed by atoms with Gasteiger partial charge in [0, 0.05) is 18.2 Å². The molecule has 6 nitrogen and oxygen atoms in total. The van der Waals surface area contributed by atoms with Gasteiger partial charge in [0.1, 0.15) is 12.2 Å². The molecular formula is C19H20N4O2. The maximum absolute atomic E-state index is 11.6. The molecule has 128 valence electrons. The number of aryl methyl sites for hydroxylation is 1. The number of aromatic amines is 1. The maximum Gasteiger partial charge on any atom is 0.251 e. The summed E-state index contributed by atoms with van der Waals surface area (Å²) >= 11 is 0. The minimum absolute atomic E-state index is 0.204. The first-order valence-electron chi connectivity index (χ1n) is 8.02. The number of nitrogens with zero attached hydrogens (tertiary/aromatic N) is 3. The summed E-state index contributed by atoms with van der Waals surface area (Å²) in [5.74, 6) is 0.546. The van der Waals surface area contributed by atoms with E-state index < -0.39 is 5.60 Å². The second-order valence-electron chi connectivity index (χ2n) is 6.54. The lowest BCUT2D eigenvalue weighted by molar-refractivity contribution is 0.0786. The van der Waals surface area contributed by atoms with Crippen molar-refractivity contribution >= 4 is 0 Å². The predicted octanol–water partition coefficient (Wildman–Crippen LogP) is 2.35. The number of hydrogen-bond donors (Lipinski definition) is 2. The van der Waals surface area contributed by atoms with Crippen molar-refractivity contribution in [3.05, 3.63) is 75.7 Å². The number of hydrogen-bond acceptors (Lipinski definition) is 5. The van der Waals surface area contributed by atoms with E-state index in [2.05, 4.69) is 19.9 Å². The van der Waals surface area contributed by atoms with Gasteiger partial charge in [0.2, 0.25) is 0 Å². The largest absolute Gasteiger partial charge is 0.386 e. The van der Waals surface area contributed by atoms with Crippen LogP contribution in [0.1, 0.15) is 36.5 Å². The number of nitrogens with one attached hydrogen (secondary N) is 1. The number of H-pyrrole nitrogens is 1. The molecule has 0 amide bonds. The third kappa shape index (κ3) is 4.16. The van der Waals surface area contributed by atoms with Gasteiger partial charge >= 0.3 is 0 Å². The van der Waals surface area contributed by atoms with Gasteiger partial charge < -0.3 is 10.1 Å². The zero-order valence-corrected chi connectivity index (χ0v) is 14.4. The normalized spacial score (nSPS) is 11.5. The van der Waals surface area contributed by atoms with E-state index in [0.717, 1.165) is 16.8 Å². The van der Waals surface area contributed by atoms with Crippen molar-refractivity contribution in [3.63, 3.8) is 0 Å². The van der Waals surface area contributed by atoms with Crippen LogP contribution in [0.15, 0.2) is 47.5 Å². The Labute approximate surface area is 145 Å². The Balaban J connectivity index is 1.86. The molecule has 0 spiro atoms. The van der Waals surface area contributed by atoms with Crippen LogP contribution in [-0.2, 0) is 12.0 Å². The van der Waals surface area contributed by atoms with Gasteiger partial charge in [0.05, 0.1) is 17.0 Å². The summed E-state index contributed by atoms with van der Waals surface area (Å²) in [5.41, 5.74) is 2.86. The molecule has 25 heavy (non-hydrogen) atoms. The van der Waals surface area contributed by atoms with E-state index in [1.165, 1.54) is 12.4 Å². The second-order valence-corrected chi connectivity index (χ2v) is 6.54. The van der Waals surface area contributed by atoms with Gasteiger partial charge in [-0.2, -0.15) is 0 Å². The van der Waals surface area contributed by atoms with Crippen molar-refractivity contribution in [2.24, 2.45) is 0 Å². The molecule has 3 rings (SSSR count). The summed E-state index contributed by atoms with van der Waals surface area (Å²) in [4.78, 5) is 27.1. The summed E-state index contributed by atoms with van der Waals surface area (Å²) in [5, 5.41) is 10.0. The highest BCUT2D eigenvalue weighted by Gasteiger charge is 2.15. The van der Waals surface area contributed by atoms with E-state index in [-0.39, 0.29) is 5.56 Å². The Morgan fingerprint density at radius 2 is 1.80 bits per heavy atom. The zero-order valence-electron chi connectivity index (χ0n) is 14.4. The molecule has 0 aliphatic carbocycles. The van der Waals surface area contributed by atoms with Crippen molar-refractivity contribution in [2.45, 2.75) is 32.8 Å². The Bertz CT molecular complexity index is 941. The summed E-state index contributed by atoms with van der Waals surface area (Å²) < 4.78 is 0. The third-order valence-electron chi connectivity index (χ3n) is 3.89. The molecule has 2 heterocycles. The molecule has 0 aliphatic heterocycles. The third-order valence-corrected chi connectivity index (χ3v) is 3.89. The van der Waals surface area contributed by atoms with Crippen molar-refractivity contribution < 1.29 is 5.11 Å². The molecule has 3 aromatic rings. The molecule has 0 aliphatic rings. The van der Waals surface area contributed by atoms with Crippen LogP contribution in [0.3, 0.4) is 0 Å². The van der Waals surface area contributed by atoms with E-state index in [0.29, 0.717) is 23.6 Å². The van der Waals surface area contributed by atoms with E-state index in [4.69, 9.17) is 0 Å². The fourth-order valence-electron chi connectivity index (χ4n) is 2.58. The molecule has 2 aromatic heterocycles. The fraction of sp³-hybridized carbons (Fsp3) is 0.263. The van der Waals surface area contributed by atoms with E-state index >= 15 is 0 Å². The Hall–Kier alpha value is -2.86. The molecule has 1 aromatic carbocycles. The first-order chi connectivity index (χ1) is 11.8. The van der Waals surface area contributed by atoms with Crippen molar-refractivity contribution in [1.29, 1.82) is 0 Å². The maximum atomic E-state index is 11.6. The summed E-state index contributed by atoms with van der Waals surface area (Å²) in [6.45, 7) is 5.25. The summed E-state index contributed by atoms with van der Waals surface area (Å²) in [6, 6.07) is 11.1. The lowest BCUT2D eigenvalue weighted by Crippen LogP contribution is -2.15. The summed E-state index contributed by atoms with van der Waals surface area (Å²) in [6.07, 6.45) is 2.11. The van der Waals surface area contributed by atoms with Gasteiger partial charge in [-0.15, -0.1) is 0 Å². The molecule has 6 heteroatoms. The van der Waals surface area contributed by atoms with Gasteiger partial charge in [-0.25, -0.2) is 15.0 Å². The van der Waals surface area contributed by atoms with Gasteiger partial charge in [0.25, 0.3) is 5.56 Å². The number of rotatable bonds is 4. The molecular weight excluding hydrogens is 316 g/mol. The van der Waals surface area contributed by atoms with E-state index in [1.54, 1.807) is 20.8 Å². The molecule has 0 bridgehead atoms. The van der Waals surface area contributed by atoms with Crippen LogP contribution in [0.4, 0.5) is 0 Å². The predicted molar refractivity (Wildman–Crippen MR) is 95.1 cm³/mol. The average molecular weight is 336 g/mol. The molecule has 0 saturated heterocycles. The van der Waals surface area contributed by atoms with Crippen LogP contribution in [0.25, 0.3) is 11.4 Å². The average Bonchev–Trinajstić information content (AvgIpc) is 2.54. The molecule has 0 atom stereocenters. The highest BCUT2D eigenvalue weighted by Crippen LogP contribution is 2.21. The lowest BCUT2D eigenvalue weighted by atomic mass is 9.96. The van der Waals surface area contributed by atoms with Crippen LogP contribution in [0, 0.1) is 6.92 Å². The molecule has 0 fully saturated rings. The molecule has 0 radical (unpaired) electrons. The number of benzene rings is 1. The fourth-order valence-corrected chi connectivity index (χ4v) is 2.58. The van der Waals surface area contributed by atoms with Crippen LogP contribution < -0.4 is 5.56 Å². The molecule has 0 saturated carbocycles. The van der Waals surface area contributed by atoms with Crippen LogP contribution in [0.2, 0.25) is 0 Å². The Morgan fingerprint density at radius 3 is 2.44 bits per heavy atom. The SMILES string of the molecule is Cc1nc(-c2cc(Cc3ccc(C(C)(C)O)cc3)ncn2)cc(=O)[nH]1. The van der Waals surface area contributed by atoms with Crippen molar-refractivity contribution in [1.82, 2.24) is 19.9 Å². The van der Waals surface area contributed by atoms with Gasteiger partial charge in [-0.05, 0) is 38.0 Å². The monoisotopic (exact) mass is 336 g/mol. The lowest BCUT2D eigenvalue weighted by Gasteiger charge is -2.17. The minimum atomic E-state index is -0.857. The standard InChI is InChI=1S/C19H20N4O2/c1-12-22-17(10-18(24)23-12)16-9-15(20-11-21-16)8-13-4-6-14(7-5-13)19(2,3)25/h4-7,9-11,25H,8H2,1-3H3,(H,22,23,24). The van der Waals surface area contributed by atoms with E-state index in [9.17, 15) is 9.90 Å². The smallest absolute Gasteiger partial charge is 0.251 e. The molecule has 2 N–H and O–H groups in total. The first kappa shape index (κ1) is 17.0. The number of aliphatic hydroxyl groups is 1. The van der Waals surface area contributed by atoms with Gasteiger partial charge in [-0.3, -0.25) is 4.79 Å². The van der Waals surface area contributed by atoms with Crippen LogP contribution >= 0.6 is 0 Å². The van der Waals surface area contributed by atoms with Gasteiger partial charge in [-0.1, -0.05) is 24.3 Å². The van der Waals surface area contributed by atoms with Crippen molar-refractivity contribution in [2.75, 3.05) is 0 Å². The topological polar surface area (TPSA) is 91.8 Å². The Morgan fingerprint density at radius 1 is 1.08 bits per heavy atom. The van der Waals surface area contributed by atoms with Crippen LogP contribution in [0.5, 0.6) is 0 Å². The number of aromatic nitrogens is 4. The highest BCUT2D eigenvalue weighted by molar-refractivity contribution is 5.53. The Kier molecular flexibility index (Phi) is 4.46. The van der Waals surface area contributed by atoms with Gasteiger partial charge in [0.15, 0.2) is 0 Å². The first-order valence-corrected chi connectivity index (χ1v) is 8.02. The highest BCUT2D eigenvalue weighted by atomic mass is 16.3. The zero-order chi connectivity index (χ0) is 18.0. The van der Waals surface area contributed by atoms with E-state index in [1.807, 2.05) is 30.3 Å². The summed E-state index contributed by atoms with van der Waals surface area (Å²) in [7, 11) is 0. The minimum Gasteiger partial charge on any atom is -0.386 e. The second kappa shape index (κ2) is 6.57.